The molecule has 1 amide bonds. The van der Waals surface area contributed by atoms with Crippen LogP contribution in [-0.4, -0.2) is 34.7 Å². The van der Waals surface area contributed by atoms with Crippen molar-refractivity contribution in [1.82, 2.24) is 9.97 Å². The highest BCUT2D eigenvalue weighted by Gasteiger charge is 2.11. The zero-order valence-corrected chi connectivity index (χ0v) is 14.4. The Labute approximate surface area is 147 Å². The molecule has 7 nitrogen and oxygen atoms in total. The summed E-state index contributed by atoms with van der Waals surface area (Å²) < 4.78 is 18.2. The van der Waals surface area contributed by atoms with E-state index in [1.54, 1.807) is 13.0 Å². The SMILES string of the molecule is COC(=O)Cc1cc(=O)[nH]c(SCC(=O)Nc2ccc(C)cc2F)n1. The summed E-state index contributed by atoms with van der Waals surface area (Å²) in [6, 6.07) is 5.66. The summed E-state index contributed by atoms with van der Waals surface area (Å²) in [6.45, 7) is 1.74. The molecule has 2 rings (SSSR count). The second-order valence-corrected chi connectivity index (χ2v) is 6.08. The Kier molecular flexibility index (Phi) is 6.29. The third-order valence-corrected chi connectivity index (χ3v) is 3.94. The van der Waals surface area contributed by atoms with E-state index in [2.05, 4.69) is 20.0 Å². The number of anilines is 1. The molecule has 0 saturated heterocycles. The van der Waals surface area contributed by atoms with E-state index in [1.165, 1.54) is 25.3 Å². The number of ether oxygens (including phenoxy) is 1. The number of nitrogens with zero attached hydrogens (tertiary/aromatic N) is 1. The highest BCUT2D eigenvalue weighted by molar-refractivity contribution is 7.99. The number of aryl methyl sites for hydroxylation is 1. The summed E-state index contributed by atoms with van der Waals surface area (Å²) in [5, 5.41) is 2.64. The van der Waals surface area contributed by atoms with Crippen LogP contribution in [0.3, 0.4) is 0 Å². The molecule has 25 heavy (non-hydrogen) atoms. The Morgan fingerprint density at radius 1 is 1.36 bits per heavy atom. The van der Waals surface area contributed by atoms with Gasteiger partial charge in [0.25, 0.3) is 5.56 Å². The van der Waals surface area contributed by atoms with Crippen molar-refractivity contribution in [3.63, 3.8) is 0 Å². The lowest BCUT2D eigenvalue weighted by atomic mass is 10.2. The number of aromatic amines is 1. The van der Waals surface area contributed by atoms with Crippen molar-refractivity contribution in [3.8, 4) is 0 Å². The van der Waals surface area contributed by atoms with Crippen LogP contribution in [-0.2, 0) is 20.7 Å². The fraction of sp³-hybridized carbons (Fsp3) is 0.250. The molecule has 132 valence electrons. The number of rotatable bonds is 6. The molecule has 1 aromatic carbocycles. The average Bonchev–Trinajstić information content (AvgIpc) is 2.55. The minimum Gasteiger partial charge on any atom is -0.469 e. The molecule has 0 aliphatic heterocycles. The average molecular weight is 365 g/mol. The van der Waals surface area contributed by atoms with Gasteiger partial charge in [0.15, 0.2) is 5.16 Å². The maximum atomic E-state index is 13.7. The van der Waals surface area contributed by atoms with E-state index in [4.69, 9.17) is 0 Å². The second-order valence-electron chi connectivity index (χ2n) is 5.11. The van der Waals surface area contributed by atoms with Crippen LogP contribution in [0.25, 0.3) is 0 Å². The van der Waals surface area contributed by atoms with E-state index in [0.29, 0.717) is 0 Å². The molecule has 0 radical (unpaired) electrons. The predicted octanol–water partition coefficient (Wildman–Crippen LogP) is 1.66. The number of aromatic nitrogens is 2. The van der Waals surface area contributed by atoms with Gasteiger partial charge in [-0.2, -0.15) is 0 Å². The van der Waals surface area contributed by atoms with Gasteiger partial charge in [0, 0.05) is 6.07 Å². The number of amides is 1. The maximum Gasteiger partial charge on any atom is 0.311 e. The third-order valence-electron chi connectivity index (χ3n) is 3.06. The third kappa shape index (κ3) is 5.71. The highest BCUT2D eigenvalue weighted by Crippen LogP contribution is 2.17. The lowest BCUT2D eigenvalue weighted by Crippen LogP contribution is -2.17. The van der Waals surface area contributed by atoms with Crippen LogP contribution in [0.2, 0.25) is 0 Å². The summed E-state index contributed by atoms with van der Waals surface area (Å²) in [6.07, 6.45) is -0.144. The maximum absolute atomic E-state index is 13.7. The highest BCUT2D eigenvalue weighted by atomic mass is 32.2. The smallest absolute Gasteiger partial charge is 0.311 e. The van der Waals surface area contributed by atoms with Gasteiger partial charge in [0.05, 0.1) is 30.7 Å². The zero-order valence-electron chi connectivity index (χ0n) is 13.6. The molecule has 0 bridgehead atoms. The quantitative estimate of drug-likeness (QED) is 0.459. The second kappa shape index (κ2) is 8.43. The van der Waals surface area contributed by atoms with Gasteiger partial charge in [-0.15, -0.1) is 0 Å². The number of carbonyl (C=O) groups excluding carboxylic acids is 2. The normalized spacial score (nSPS) is 10.4. The number of thioether (sulfide) groups is 1. The molecule has 1 aromatic heterocycles. The Morgan fingerprint density at radius 2 is 2.12 bits per heavy atom. The first-order valence-electron chi connectivity index (χ1n) is 7.23. The molecule has 2 aromatic rings. The van der Waals surface area contributed by atoms with Gasteiger partial charge in [-0.3, -0.25) is 14.4 Å². The van der Waals surface area contributed by atoms with Gasteiger partial charge in [0.2, 0.25) is 5.91 Å². The van der Waals surface area contributed by atoms with Crippen LogP contribution in [0.5, 0.6) is 0 Å². The van der Waals surface area contributed by atoms with E-state index >= 15 is 0 Å². The van der Waals surface area contributed by atoms with Gasteiger partial charge < -0.3 is 15.0 Å². The van der Waals surface area contributed by atoms with Crippen molar-refractivity contribution >= 4 is 29.3 Å². The monoisotopic (exact) mass is 365 g/mol. The molecule has 0 aliphatic carbocycles. The topological polar surface area (TPSA) is 101 Å². The van der Waals surface area contributed by atoms with Crippen molar-refractivity contribution in [1.29, 1.82) is 0 Å². The first-order chi connectivity index (χ1) is 11.9. The number of methoxy groups -OCH3 is 1. The van der Waals surface area contributed by atoms with Crippen LogP contribution < -0.4 is 10.9 Å². The molecule has 0 aliphatic rings. The largest absolute Gasteiger partial charge is 0.469 e. The number of halogens is 1. The van der Waals surface area contributed by atoms with E-state index in [0.717, 1.165) is 17.3 Å². The van der Waals surface area contributed by atoms with Crippen LogP contribution in [0.1, 0.15) is 11.3 Å². The minimum atomic E-state index is -0.526. The molecule has 9 heteroatoms. The minimum absolute atomic E-state index is 0.0806. The first-order valence-corrected chi connectivity index (χ1v) is 8.22. The number of esters is 1. The lowest BCUT2D eigenvalue weighted by molar-refractivity contribution is -0.139. The van der Waals surface area contributed by atoms with Gasteiger partial charge in [-0.05, 0) is 24.6 Å². The van der Waals surface area contributed by atoms with Gasteiger partial charge in [-0.1, -0.05) is 17.8 Å². The Bertz CT molecular complexity index is 854. The van der Waals surface area contributed by atoms with Gasteiger partial charge >= 0.3 is 5.97 Å². The summed E-state index contributed by atoms with van der Waals surface area (Å²) in [5.41, 5.74) is 0.621. The molecule has 1 heterocycles. The first kappa shape index (κ1) is 18.7. The Balaban J connectivity index is 1.99. The van der Waals surface area contributed by atoms with Crippen molar-refractivity contribution in [2.45, 2.75) is 18.5 Å². The van der Waals surface area contributed by atoms with Crippen LogP contribution in [0, 0.1) is 12.7 Å². The summed E-state index contributed by atoms with van der Waals surface area (Å²) >= 11 is 0.967. The zero-order chi connectivity index (χ0) is 18.4. The van der Waals surface area contributed by atoms with E-state index in [1.807, 2.05) is 0 Å². The fourth-order valence-electron chi connectivity index (χ4n) is 1.90. The van der Waals surface area contributed by atoms with Gasteiger partial charge in [0.1, 0.15) is 5.82 Å². The lowest BCUT2D eigenvalue weighted by Gasteiger charge is -2.07. The summed E-state index contributed by atoms with van der Waals surface area (Å²) in [7, 11) is 1.24. The standard InChI is InChI=1S/C16H16FN3O4S/c1-9-3-4-12(11(17)5-9)19-14(22)8-25-16-18-10(6-13(21)20-16)7-15(23)24-2/h3-6H,7-8H2,1-2H3,(H,19,22)(H,18,20,21). The molecule has 0 saturated carbocycles. The van der Waals surface area contributed by atoms with Crippen LogP contribution in [0.15, 0.2) is 34.2 Å². The number of hydrogen-bond donors (Lipinski definition) is 2. The number of hydrogen-bond acceptors (Lipinski definition) is 6. The van der Waals surface area contributed by atoms with Gasteiger partial charge in [-0.25, -0.2) is 9.37 Å². The Hall–Kier alpha value is -2.68. The van der Waals surface area contributed by atoms with E-state index in [-0.39, 0.29) is 28.7 Å². The van der Waals surface area contributed by atoms with Crippen molar-refractivity contribution in [2.24, 2.45) is 0 Å². The van der Waals surface area contributed by atoms with Crippen LogP contribution in [0.4, 0.5) is 10.1 Å². The number of carbonyl (C=O) groups is 2. The number of benzene rings is 1. The molecular weight excluding hydrogens is 349 g/mol. The van der Waals surface area contributed by atoms with E-state index < -0.39 is 23.3 Å². The molecule has 0 atom stereocenters. The number of H-pyrrole nitrogens is 1. The summed E-state index contributed by atoms with van der Waals surface area (Å²) in [5.74, 6) is -1.59. The predicted molar refractivity (Wildman–Crippen MR) is 91.1 cm³/mol. The summed E-state index contributed by atoms with van der Waals surface area (Å²) in [4.78, 5) is 41.3. The molecule has 0 fully saturated rings. The molecule has 0 spiro atoms. The Morgan fingerprint density at radius 3 is 2.80 bits per heavy atom. The van der Waals surface area contributed by atoms with Crippen molar-refractivity contribution in [2.75, 3.05) is 18.2 Å². The molecule has 2 N–H and O–H groups in total. The fourth-order valence-corrected chi connectivity index (χ4v) is 2.60. The van der Waals surface area contributed by atoms with Crippen molar-refractivity contribution < 1.29 is 18.7 Å². The van der Waals surface area contributed by atoms with Crippen LogP contribution >= 0.6 is 11.8 Å². The van der Waals surface area contributed by atoms with Crippen molar-refractivity contribution in [3.05, 3.63) is 51.7 Å². The number of nitrogens with one attached hydrogen (secondary N) is 2. The molecule has 0 unspecified atom stereocenters. The van der Waals surface area contributed by atoms with E-state index in [9.17, 15) is 18.8 Å². The molecular formula is C16H16FN3O4S.